The number of hydrogen-bond donors (Lipinski definition) is 2. The predicted octanol–water partition coefficient (Wildman–Crippen LogP) is 1.02. The lowest BCUT2D eigenvalue weighted by molar-refractivity contribution is -0.119. The van der Waals surface area contributed by atoms with E-state index in [9.17, 15) is 9.59 Å². The number of rotatable bonds is 7. The number of halogens is 1. The Kier molecular flexibility index (Phi) is 6.08. The van der Waals surface area contributed by atoms with Crippen molar-refractivity contribution in [2.45, 2.75) is 19.9 Å². The van der Waals surface area contributed by atoms with E-state index in [4.69, 9.17) is 11.6 Å². The van der Waals surface area contributed by atoms with Gasteiger partial charge in [-0.15, -0.1) is 6.58 Å². The van der Waals surface area contributed by atoms with Crippen LogP contribution in [0.15, 0.2) is 23.6 Å². The maximum atomic E-state index is 11.8. The molecular formula is C12H17ClN4O2. The van der Waals surface area contributed by atoms with Gasteiger partial charge in [0.25, 0.3) is 5.56 Å². The second-order valence-electron chi connectivity index (χ2n) is 3.85. The van der Waals surface area contributed by atoms with Gasteiger partial charge in [0, 0.05) is 6.54 Å². The quantitative estimate of drug-likeness (QED) is 0.733. The Hall–Kier alpha value is -1.82. The molecule has 0 bridgehead atoms. The van der Waals surface area contributed by atoms with Crippen LogP contribution in [0.4, 0.5) is 5.69 Å². The van der Waals surface area contributed by atoms with Gasteiger partial charge in [-0.05, 0) is 6.42 Å². The van der Waals surface area contributed by atoms with E-state index in [0.29, 0.717) is 12.2 Å². The average Bonchev–Trinajstić information content (AvgIpc) is 2.41. The molecule has 6 nitrogen and oxygen atoms in total. The molecule has 0 atom stereocenters. The van der Waals surface area contributed by atoms with Crippen molar-refractivity contribution < 1.29 is 4.79 Å². The maximum Gasteiger partial charge on any atom is 0.287 e. The monoisotopic (exact) mass is 284 g/mol. The maximum absolute atomic E-state index is 11.8. The van der Waals surface area contributed by atoms with Crippen molar-refractivity contribution in [1.82, 2.24) is 15.1 Å². The molecule has 0 unspecified atom stereocenters. The van der Waals surface area contributed by atoms with E-state index in [1.165, 1.54) is 10.9 Å². The van der Waals surface area contributed by atoms with Crippen LogP contribution in [0.3, 0.4) is 0 Å². The van der Waals surface area contributed by atoms with Gasteiger partial charge in [-0.3, -0.25) is 9.59 Å². The lowest BCUT2D eigenvalue weighted by Gasteiger charge is -2.09. The number of carbonyl (C=O) groups excluding carboxylic acids is 1. The highest BCUT2D eigenvalue weighted by Gasteiger charge is 2.09. The highest BCUT2D eigenvalue weighted by atomic mass is 35.5. The first-order valence-corrected chi connectivity index (χ1v) is 6.35. The predicted molar refractivity (Wildman–Crippen MR) is 75.5 cm³/mol. The molecule has 0 spiro atoms. The van der Waals surface area contributed by atoms with Crippen LogP contribution in [-0.4, -0.2) is 28.8 Å². The zero-order valence-corrected chi connectivity index (χ0v) is 11.5. The summed E-state index contributed by atoms with van der Waals surface area (Å²) < 4.78 is 1.19. The van der Waals surface area contributed by atoms with Crippen molar-refractivity contribution in [3.8, 4) is 0 Å². The number of nitrogens with one attached hydrogen (secondary N) is 2. The SMILES string of the molecule is C=CCn1ncc(NCC(=O)NCCC)c(Cl)c1=O. The van der Waals surface area contributed by atoms with E-state index < -0.39 is 5.56 Å². The van der Waals surface area contributed by atoms with Crippen LogP contribution in [0.1, 0.15) is 13.3 Å². The molecule has 2 N–H and O–H groups in total. The third kappa shape index (κ3) is 4.40. The van der Waals surface area contributed by atoms with Crippen molar-refractivity contribution in [2.24, 2.45) is 0 Å². The molecular weight excluding hydrogens is 268 g/mol. The summed E-state index contributed by atoms with van der Waals surface area (Å²) in [5.74, 6) is -0.159. The molecule has 0 aliphatic rings. The molecule has 104 valence electrons. The Bertz CT molecular complexity index is 513. The van der Waals surface area contributed by atoms with Crippen LogP contribution >= 0.6 is 11.6 Å². The number of allylic oxidation sites excluding steroid dienone is 1. The fraction of sp³-hybridized carbons (Fsp3) is 0.417. The summed E-state index contributed by atoms with van der Waals surface area (Å²) >= 11 is 5.92. The van der Waals surface area contributed by atoms with Gasteiger partial charge >= 0.3 is 0 Å². The Morgan fingerprint density at radius 2 is 2.37 bits per heavy atom. The smallest absolute Gasteiger partial charge is 0.287 e. The molecule has 0 saturated carbocycles. The molecule has 7 heteroatoms. The van der Waals surface area contributed by atoms with Gasteiger partial charge in [0.2, 0.25) is 5.91 Å². The van der Waals surface area contributed by atoms with Crippen LogP contribution in [0, 0.1) is 0 Å². The molecule has 0 fully saturated rings. The molecule has 1 rings (SSSR count). The summed E-state index contributed by atoms with van der Waals surface area (Å²) in [4.78, 5) is 23.2. The zero-order chi connectivity index (χ0) is 14.3. The minimum absolute atomic E-state index is 0.0140. The van der Waals surface area contributed by atoms with Crippen LogP contribution in [0.25, 0.3) is 0 Å². The standard InChI is InChI=1S/C12H17ClN4O2/c1-3-5-14-10(18)8-15-9-7-16-17(6-4-2)12(19)11(9)13/h4,7,15H,2-3,5-6,8H2,1H3,(H,14,18). The summed E-state index contributed by atoms with van der Waals surface area (Å²) in [6.07, 6.45) is 3.84. The van der Waals surface area contributed by atoms with Crippen LogP contribution in [-0.2, 0) is 11.3 Å². The Labute approximate surface area is 116 Å². The number of hydrogen-bond acceptors (Lipinski definition) is 4. The van der Waals surface area contributed by atoms with Crippen molar-refractivity contribution >= 4 is 23.2 Å². The van der Waals surface area contributed by atoms with E-state index in [1.54, 1.807) is 6.08 Å². The first-order chi connectivity index (χ1) is 9.10. The molecule has 0 radical (unpaired) electrons. The van der Waals surface area contributed by atoms with Gasteiger partial charge in [0.05, 0.1) is 25.0 Å². The molecule has 0 saturated heterocycles. The van der Waals surface area contributed by atoms with E-state index in [1.807, 2.05) is 6.92 Å². The van der Waals surface area contributed by atoms with Crippen LogP contribution in [0.5, 0.6) is 0 Å². The lowest BCUT2D eigenvalue weighted by atomic mass is 10.4. The topological polar surface area (TPSA) is 76.0 Å². The molecule has 1 heterocycles. The van der Waals surface area contributed by atoms with Crippen molar-refractivity contribution in [2.75, 3.05) is 18.4 Å². The van der Waals surface area contributed by atoms with Gasteiger partial charge in [0.15, 0.2) is 0 Å². The Morgan fingerprint density at radius 1 is 1.63 bits per heavy atom. The number of amides is 1. The summed E-state index contributed by atoms with van der Waals surface area (Å²) in [5, 5.41) is 9.43. The third-order valence-electron chi connectivity index (χ3n) is 2.30. The van der Waals surface area contributed by atoms with E-state index in [2.05, 4.69) is 22.3 Å². The van der Waals surface area contributed by atoms with Crippen molar-refractivity contribution in [1.29, 1.82) is 0 Å². The number of anilines is 1. The summed E-state index contributed by atoms with van der Waals surface area (Å²) in [6, 6.07) is 0. The Balaban J connectivity index is 2.70. The second kappa shape index (κ2) is 7.58. The van der Waals surface area contributed by atoms with Crippen molar-refractivity contribution in [3.63, 3.8) is 0 Å². The van der Waals surface area contributed by atoms with E-state index in [-0.39, 0.29) is 24.0 Å². The van der Waals surface area contributed by atoms with Crippen molar-refractivity contribution in [3.05, 3.63) is 34.2 Å². The first-order valence-electron chi connectivity index (χ1n) is 5.97. The van der Waals surface area contributed by atoms with E-state index in [0.717, 1.165) is 6.42 Å². The first kappa shape index (κ1) is 15.2. The molecule has 0 aliphatic heterocycles. The van der Waals surface area contributed by atoms with Crippen LogP contribution < -0.4 is 16.2 Å². The van der Waals surface area contributed by atoms with Gasteiger partial charge in [-0.1, -0.05) is 24.6 Å². The fourth-order valence-corrected chi connectivity index (χ4v) is 1.56. The highest BCUT2D eigenvalue weighted by Crippen LogP contribution is 2.14. The van der Waals surface area contributed by atoms with E-state index >= 15 is 0 Å². The highest BCUT2D eigenvalue weighted by molar-refractivity contribution is 6.33. The Morgan fingerprint density at radius 3 is 3.00 bits per heavy atom. The zero-order valence-electron chi connectivity index (χ0n) is 10.8. The third-order valence-corrected chi connectivity index (χ3v) is 2.66. The number of carbonyl (C=O) groups is 1. The molecule has 1 aromatic rings. The minimum atomic E-state index is -0.416. The summed E-state index contributed by atoms with van der Waals surface area (Å²) in [7, 11) is 0. The largest absolute Gasteiger partial charge is 0.373 e. The van der Waals surface area contributed by atoms with Crippen LogP contribution in [0.2, 0.25) is 5.02 Å². The molecule has 19 heavy (non-hydrogen) atoms. The molecule has 0 aliphatic carbocycles. The van der Waals surface area contributed by atoms with Gasteiger partial charge in [0.1, 0.15) is 5.02 Å². The minimum Gasteiger partial charge on any atom is -0.373 e. The van der Waals surface area contributed by atoms with Gasteiger partial charge in [-0.25, -0.2) is 4.68 Å². The second-order valence-corrected chi connectivity index (χ2v) is 4.23. The number of aromatic nitrogens is 2. The molecule has 0 aromatic carbocycles. The summed E-state index contributed by atoms with van der Waals surface area (Å²) in [5.41, 5.74) is -0.0702. The summed E-state index contributed by atoms with van der Waals surface area (Å²) in [6.45, 7) is 6.45. The van der Waals surface area contributed by atoms with Gasteiger partial charge in [-0.2, -0.15) is 5.10 Å². The lowest BCUT2D eigenvalue weighted by Crippen LogP contribution is -2.31. The molecule has 1 aromatic heterocycles. The fourth-order valence-electron chi connectivity index (χ4n) is 1.34. The molecule has 1 amide bonds. The number of nitrogens with zero attached hydrogens (tertiary/aromatic N) is 2. The van der Waals surface area contributed by atoms with Gasteiger partial charge < -0.3 is 10.6 Å². The normalized spacial score (nSPS) is 10.0. The average molecular weight is 285 g/mol.